The van der Waals surface area contributed by atoms with Crippen LogP contribution >= 0.6 is 23.2 Å². The molecule has 0 bridgehead atoms. The van der Waals surface area contributed by atoms with Crippen LogP contribution in [-0.2, 0) is 11.2 Å². The molecule has 1 fully saturated rings. The Hall–Kier alpha value is -3.55. The molecule has 0 spiro atoms. The molecular weight excluding hydrogens is 509 g/mol. The van der Waals surface area contributed by atoms with Crippen molar-refractivity contribution in [1.82, 2.24) is 5.32 Å². The highest BCUT2D eigenvalue weighted by Gasteiger charge is 2.38. The zero-order valence-electron chi connectivity index (χ0n) is 20.0. The van der Waals surface area contributed by atoms with E-state index in [1.165, 1.54) is 25.0 Å². The Balaban J connectivity index is 1.46. The van der Waals surface area contributed by atoms with E-state index in [1.807, 2.05) is 30.3 Å². The van der Waals surface area contributed by atoms with E-state index in [9.17, 15) is 9.59 Å². The van der Waals surface area contributed by atoms with Gasteiger partial charge in [-0.25, -0.2) is 4.99 Å². The van der Waals surface area contributed by atoms with Crippen LogP contribution in [-0.4, -0.2) is 43.3 Å². The molecule has 0 radical (unpaired) electrons. The van der Waals surface area contributed by atoms with Crippen molar-refractivity contribution in [3.8, 4) is 0 Å². The molecule has 3 aromatic rings. The van der Waals surface area contributed by atoms with Gasteiger partial charge in [0.05, 0.1) is 27.1 Å². The molecule has 0 saturated carbocycles. The highest BCUT2D eigenvalue weighted by atomic mass is 35.5. The smallest absolute Gasteiger partial charge is 0.272 e. The number of hydrogen-bond donors (Lipinski definition) is 2. The maximum Gasteiger partial charge on any atom is 0.272 e. The summed E-state index contributed by atoms with van der Waals surface area (Å²) in [6.45, 7) is 2.57. The van der Waals surface area contributed by atoms with Gasteiger partial charge >= 0.3 is 0 Å². The van der Waals surface area contributed by atoms with E-state index in [0.29, 0.717) is 12.3 Å². The first-order valence-corrected chi connectivity index (χ1v) is 13.1. The Bertz CT molecular complexity index is 1430. The monoisotopic (exact) mass is 533 g/mol. The van der Waals surface area contributed by atoms with Gasteiger partial charge in [0.1, 0.15) is 0 Å². The van der Waals surface area contributed by atoms with Crippen LogP contribution in [0.15, 0.2) is 59.6 Å². The first-order chi connectivity index (χ1) is 17.9. The number of carbonyl (C=O) groups excluding carboxylic acids is 2. The van der Waals surface area contributed by atoms with Crippen LogP contribution in [0.4, 0.5) is 17.1 Å². The Labute approximate surface area is 224 Å². The molecule has 0 aliphatic carbocycles. The number of benzene rings is 3. The van der Waals surface area contributed by atoms with Crippen molar-refractivity contribution in [1.29, 1.82) is 0 Å². The van der Waals surface area contributed by atoms with Crippen LogP contribution in [0.25, 0.3) is 0 Å². The number of nitrogen functional groups attached to an aromatic ring is 1. The summed E-state index contributed by atoms with van der Waals surface area (Å²) in [6.07, 6.45) is 1.97. The largest absolute Gasteiger partial charge is 0.396 e. The molecule has 37 heavy (non-hydrogen) atoms. The number of nitrogens with zero attached hydrogens (tertiary/aromatic N) is 3. The highest BCUT2D eigenvalue weighted by molar-refractivity contribution is 6.39. The fraction of sp³-hybridized carbons (Fsp3) is 0.250. The van der Waals surface area contributed by atoms with Crippen molar-refractivity contribution in [2.75, 3.05) is 35.2 Å². The molecule has 3 N–H and O–H groups in total. The lowest BCUT2D eigenvalue weighted by atomic mass is 9.97. The Morgan fingerprint density at radius 2 is 1.70 bits per heavy atom. The van der Waals surface area contributed by atoms with Crippen molar-refractivity contribution in [2.24, 2.45) is 4.99 Å². The zero-order chi connectivity index (χ0) is 25.7. The van der Waals surface area contributed by atoms with Gasteiger partial charge in [0.2, 0.25) is 6.17 Å². The number of aliphatic imine (C=N–C) groups is 1. The van der Waals surface area contributed by atoms with E-state index in [2.05, 4.69) is 22.3 Å². The molecule has 9 heteroatoms. The van der Waals surface area contributed by atoms with E-state index in [-0.39, 0.29) is 27.2 Å². The maximum absolute atomic E-state index is 13.8. The molecule has 6 rings (SSSR count). The summed E-state index contributed by atoms with van der Waals surface area (Å²) in [7, 11) is 0. The molecule has 1 atom stereocenters. The molecule has 3 aromatic carbocycles. The minimum Gasteiger partial charge on any atom is -0.396 e. The molecule has 188 valence electrons. The molecule has 1 saturated heterocycles. The molecule has 3 aliphatic rings. The summed E-state index contributed by atoms with van der Waals surface area (Å²) in [5.41, 5.74) is 11.8. The summed E-state index contributed by atoms with van der Waals surface area (Å²) in [5, 5.41) is 3.15. The second kappa shape index (κ2) is 9.39. The lowest BCUT2D eigenvalue weighted by molar-refractivity contribution is -0.120. The van der Waals surface area contributed by atoms with Gasteiger partial charge in [0.25, 0.3) is 11.8 Å². The number of nitrogens with two attached hydrogens (primary N) is 1. The number of halogens is 2. The average molecular weight is 534 g/mol. The normalized spacial score (nSPS) is 18.5. The molecule has 2 amide bonds. The van der Waals surface area contributed by atoms with Gasteiger partial charge in [-0.1, -0.05) is 53.5 Å². The SMILES string of the molecule is Nc1c(Cl)cc(C(=O)N[C@@H]2N=C(c3ccccc3)c3cc(N4CCCC4)cc4c3N(CC4)C2=O)cc1Cl. The fourth-order valence-electron chi connectivity index (χ4n) is 5.33. The number of amides is 2. The Morgan fingerprint density at radius 1 is 1.00 bits per heavy atom. The standard InChI is InChI=1S/C28H25Cl2N5O2/c29-21-13-18(14-22(30)23(21)31)27(36)33-26-28(37)35-11-8-17-12-19(34-9-4-5-10-34)15-20(25(17)35)24(32-26)16-6-2-1-3-7-16/h1-3,6-7,12-15,26H,4-5,8-11,31H2,(H,33,36)/t26-/m0/s1. The Morgan fingerprint density at radius 3 is 2.41 bits per heavy atom. The predicted molar refractivity (Wildman–Crippen MR) is 148 cm³/mol. The van der Waals surface area contributed by atoms with Crippen LogP contribution in [0.3, 0.4) is 0 Å². The molecule has 7 nitrogen and oxygen atoms in total. The minimum atomic E-state index is -1.12. The molecule has 0 aromatic heterocycles. The molecular formula is C28H25Cl2N5O2. The second-order valence-corrected chi connectivity index (χ2v) is 10.3. The second-order valence-electron chi connectivity index (χ2n) is 9.51. The van der Waals surface area contributed by atoms with E-state index < -0.39 is 12.1 Å². The van der Waals surface area contributed by atoms with Gasteiger partial charge in [-0.05, 0) is 49.1 Å². The number of carbonyl (C=O) groups is 2. The summed E-state index contributed by atoms with van der Waals surface area (Å²) < 4.78 is 0. The third-order valence-electron chi connectivity index (χ3n) is 7.19. The number of anilines is 3. The summed E-state index contributed by atoms with van der Waals surface area (Å²) >= 11 is 12.3. The van der Waals surface area contributed by atoms with E-state index >= 15 is 0 Å². The van der Waals surface area contributed by atoms with Crippen LogP contribution in [0, 0.1) is 0 Å². The van der Waals surface area contributed by atoms with Gasteiger partial charge in [0, 0.05) is 42.0 Å². The summed E-state index contributed by atoms with van der Waals surface area (Å²) in [4.78, 5) is 36.0. The highest BCUT2D eigenvalue weighted by Crippen LogP contribution is 2.40. The van der Waals surface area contributed by atoms with Crippen molar-refractivity contribution >= 4 is 57.8 Å². The van der Waals surface area contributed by atoms with Crippen LogP contribution in [0.5, 0.6) is 0 Å². The van der Waals surface area contributed by atoms with Crippen molar-refractivity contribution in [3.05, 3.63) is 86.9 Å². The van der Waals surface area contributed by atoms with E-state index in [0.717, 1.165) is 47.6 Å². The number of hydrogen-bond acceptors (Lipinski definition) is 5. The number of nitrogens with one attached hydrogen (secondary N) is 1. The predicted octanol–water partition coefficient (Wildman–Crippen LogP) is 4.67. The van der Waals surface area contributed by atoms with Gasteiger partial charge in [-0.15, -0.1) is 0 Å². The molecule has 0 unspecified atom stereocenters. The van der Waals surface area contributed by atoms with Crippen LogP contribution < -0.4 is 20.9 Å². The van der Waals surface area contributed by atoms with E-state index in [4.69, 9.17) is 33.9 Å². The van der Waals surface area contributed by atoms with Crippen molar-refractivity contribution in [2.45, 2.75) is 25.4 Å². The summed E-state index contributed by atoms with van der Waals surface area (Å²) in [6, 6.07) is 17.0. The van der Waals surface area contributed by atoms with Crippen LogP contribution in [0.2, 0.25) is 10.0 Å². The number of rotatable bonds is 4. The Kier molecular flexibility index (Phi) is 6.05. The van der Waals surface area contributed by atoms with Gasteiger partial charge < -0.3 is 20.9 Å². The lowest BCUT2D eigenvalue weighted by Gasteiger charge is -2.23. The van der Waals surface area contributed by atoms with Crippen LogP contribution in [0.1, 0.15) is 39.9 Å². The third kappa shape index (κ3) is 4.22. The van der Waals surface area contributed by atoms with Gasteiger partial charge in [-0.2, -0.15) is 0 Å². The topological polar surface area (TPSA) is 91.0 Å². The van der Waals surface area contributed by atoms with Crippen molar-refractivity contribution in [3.63, 3.8) is 0 Å². The summed E-state index contributed by atoms with van der Waals surface area (Å²) in [5.74, 6) is -0.790. The first-order valence-electron chi connectivity index (χ1n) is 12.3. The van der Waals surface area contributed by atoms with E-state index in [1.54, 1.807) is 4.90 Å². The first kappa shape index (κ1) is 23.8. The lowest BCUT2D eigenvalue weighted by Crippen LogP contribution is -2.47. The quantitative estimate of drug-likeness (QED) is 0.476. The van der Waals surface area contributed by atoms with Gasteiger partial charge in [-0.3, -0.25) is 9.59 Å². The average Bonchev–Trinajstić information content (AvgIpc) is 3.57. The van der Waals surface area contributed by atoms with Crippen molar-refractivity contribution < 1.29 is 9.59 Å². The zero-order valence-corrected chi connectivity index (χ0v) is 21.5. The third-order valence-corrected chi connectivity index (χ3v) is 7.81. The van der Waals surface area contributed by atoms with Gasteiger partial charge in [0.15, 0.2) is 0 Å². The fourth-order valence-corrected chi connectivity index (χ4v) is 5.82. The molecule has 3 heterocycles. The minimum absolute atomic E-state index is 0.171. The molecule has 3 aliphatic heterocycles. The maximum atomic E-state index is 13.8.